The van der Waals surface area contributed by atoms with Crippen molar-refractivity contribution >= 4 is 22.3 Å². The molecule has 0 spiro atoms. The minimum atomic E-state index is -0.300. The zero-order valence-electron chi connectivity index (χ0n) is 19.3. The molecular weight excluding hydrogens is 404 g/mol. The maximum atomic E-state index is 7.05. The van der Waals surface area contributed by atoms with Gasteiger partial charge in [0.15, 0.2) is 0 Å². The van der Waals surface area contributed by atoms with Crippen LogP contribution in [0.2, 0.25) is 0 Å². The Balaban J connectivity index is 1.35. The smallest absolute Gasteiger partial charge is 0.0726 e. The van der Waals surface area contributed by atoms with Crippen molar-refractivity contribution in [3.05, 3.63) is 101 Å². The first kappa shape index (κ1) is 21.6. The summed E-state index contributed by atoms with van der Waals surface area (Å²) in [4.78, 5) is 4.67. The van der Waals surface area contributed by atoms with Crippen molar-refractivity contribution in [1.82, 2.24) is 10.3 Å². The number of benzene rings is 3. The van der Waals surface area contributed by atoms with E-state index in [1.807, 2.05) is 13.0 Å². The van der Waals surface area contributed by atoms with Crippen LogP contribution in [0.15, 0.2) is 78.9 Å². The van der Waals surface area contributed by atoms with Gasteiger partial charge >= 0.3 is 0 Å². The zero-order chi connectivity index (χ0) is 22.7. The van der Waals surface area contributed by atoms with Crippen molar-refractivity contribution in [2.75, 3.05) is 11.9 Å². The Kier molecular flexibility index (Phi) is 6.12. The van der Waals surface area contributed by atoms with Crippen molar-refractivity contribution < 1.29 is 0 Å². The highest BCUT2D eigenvalue weighted by Gasteiger charge is 2.32. The minimum Gasteiger partial charge on any atom is -0.355 e. The molecule has 1 aromatic heterocycles. The van der Waals surface area contributed by atoms with Crippen molar-refractivity contribution in [3.63, 3.8) is 0 Å². The van der Waals surface area contributed by atoms with Gasteiger partial charge in [-0.2, -0.15) is 0 Å². The minimum absolute atomic E-state index is 0.300. The fraction of sp³-hybridized carbons (Fsp3) is 0.276. The van der Waals surface area contributed by atoms with Crippen molar-refractivity contribution in [3.8, 4) is 0 Å². The van der Waals surface area contributed by atoms with E-state index in [1.165, 1.54) is 16.7 Å². The summed E-state index contributed by atoms with van der Waals surface area (Å²) < 4.78 is 0. The predicted octanol–water partition coefficient (Wildman–Crippen LogP) is 5.96. The van der Waals surface area contributed by atoms with Gasteiger partial charge in [0.05, 0.1) is 5.52 Å². The largest absolute Gasteiger partial charge is 0.355 e. The van der Waals surface area contributed by atoms with Gasteiger partial charge in [0, 0.05) is 34.5 Å². The molecule has 0 radical (unpaired) electrons. The summed E-state index contributed by atoms with van der Waals surface area (Å²) in [5.74, 6) is 0. The highest BCUT2D eigenvalue weighted by molar-refractivity contribution is 5.93. The predicted molar refractivity (Wildman–Crippen MR) is 138 cm³/mol. The van der Waals surface area contributed by atoms with Crippen LogP contribution in [-0.4, -0.2) is 11.5 Å². The molecule has 1 atom stereocenters. The third kappa shape index (κ3) is 4.77. The van der Waals surface area contributed by atoms with E-state index < -0.39 is 0 Å². The second kappa shape index (κ2) is 9.34. The van der Waals surface area contributed by atoms with Crippen LogP contribution < -0.4 is 16.4 Å². The van der Waals surface area contributed by atoms with Gasteiger partial charge in [-0.05, 0) is 80.1 Å². The molecule has 0 saturated heterocycles. The molecule has 3 aromatic carbocycles. The van der Waals surface area contributed by atoms with Gasteiger partial charge in [0.25, 0.3) is 0 Å². The molecule has 0 amide bonds. The fourth-order valence-electron chi connectivity index (χ4n) is 5.03. The highest BCUT2D eigenvalue weighted by Crippen LogP contribution is 2.38. The molecule has 0 bridgehead atoms. The molecule has 168 valence electrons. The molecule has 33 heavy (non-hydrogen) atoms. The number of anilines is 2. The molecule has 1 aliphatic rings. The highest BCUT2D eigenvalue weighted by atomic mass is 14.9. The van der Waals surface area contributed by atoms with E-state index in [0.29, 0.717) is 0 Å². The summed E-state index contributed by atoms with van der Waals surface area (Å²) in [5, 5.41) is 8.37. The van der Waals surface area contributed by atoms with Crippen LogP contribution in [0, 0.1) is 6.92 Å². The lowest BCUT2D eigenvalue weighted by molar-refractivity contribution is 0.339. The first-order valence-electron chi connectivity index (χ1n) is 11.9. The van der Waals surface area contributed by atoms with Crippen LogP contribution >= 0.6 is 0 Å². The van der Waals surface area contributed by atoms with E-state index in [9.17, 15) is 0 Å². The molecule has 1 unspecified atom stereocenters. The number of hydrogen-bond acceptors (Lipinski definition) is 4. The van der Waals surface area contributed by atoms with Crippen LogP contribution in [0.4, 0.5) is 11.4 Å². The first-order chi connectivity index (χ1) is 16.1. The zero-order valence-corrected chi connectivity index (χ0v) is 19.3. The van der Waals surface area contributed by atoms with E-state index in [1.54, 1.807) is 0 Å². The number of pyridine rings is 1. The van der Waals surface area contributed by atoms with Gasteiger partial charge in [-0.1, -0.05) is 54.6 Å². The number of nitrogens with one attached hydrogen (secondary N) is 2. The van der Waals surface area contributed by atoms with E-state index in [4.69, 9.17) is 5.73 Å². The molecule has 0 fully saturated rings. The van der Waals surface area contributed by atoms with E-state index in [-0.39, 0.29) is 5.54 Å². The number of aromatic nitrogens is 1. The van der Waals surface area contributed by atoms with Crippen molar-refractivity contribution in [2.45, 2.75) is 44.7 Å². The quantitative estimate of drug-likeness (QED) is 0.313. The van der Waals surface area contributed by atoms with Crippen LogP contribution in [0.3, 0.4) is 0 Å². The number of nitrogens with zero attached hydrogens (tertiary/aromatic N) is 1. The summed E-state index contributed by atoms with van der Waals surface area (Å²) in [6, 6.07) is 27.6. The van der Waals surface area contributed by atoms with E-state index in [2.05, 4.69) is 88.4 Å². The Bertz CT molecular complexity index is 1250. The molecule has 4 nitrogen and oxygen atoms in total. The van der Waals surface area contributed by atoms with Crippen LogP contribution in [0.1, 0.15) is 41.6 Å². The van der Waals surface area contributed by atoms with Gasteiger partial charge in [0.2, 0.25) is 0 Å². The summed E-state index contributed by atoms with van der Waals surface area (Å²) >= 11 is 0. The number of para-hydroxylation sites is 1. The molecule has 0 saturated carbocycles. The average Bonchev–Trinajstić information content (AvgIpc) is 2.83. The summed E-state index contributed by atoms with van der Waals surface area (Å²) in [6.45, 7) is 3.81. The lowest BCUT2D eigenvalue weighted by Gasteiger charge is -2.36. The maximum Gasteiger partial charge on any atom is 0.0726 e. The van der Waals surface area contributed by atoms with Gasteiger partial charge in [-0.25, -0.2) is 0 Å². The third-order valence-corrected chi connectivity index (χ3v) is 6.76. The molecule has 4 heteroatoms. The molecule has 4 N–H and O–H groups in total. The fourth-order valence-corrected chi connectivity index (χ4v) is 5.03. The van der Waals surface area contributed by atoms with Gasteiger partial charge in [0.1, 0.15) is 0 Å². The van der Waals surface area contributed by atoms with Gasteiger partial charge in [-0.15, -0.1) is 0 Å². The summed E-state index contributed by atoms with van der Waals surface area (Å²) in [5.41, 5.74) is 14.9. The third-order valence-electron chi connectivity index (χ3n) is 6.76. The summed E-state index contributed by atoms with van der Waals surface area (Å²) in [6.07, 6.45) is 4.19. The van der Waals surface area contributed by atoms with Gasteiger partial charge in [-0.3, -0.25) is 4.98 Å². The Labute approximate surface area is 196 Å². The Morgan fingerprint density at radius 2 is 1.79 bits per heavy atom. The molecule has 5 rings (SSSR count). The normalized spacial score (nSPS) is 17.6. The van der Waals surface area contributed by atoms with E-state index in [0.717, 1.165) is 66.7 Å². The average molecular weight is 437 g/mol. The Hall–Kier alpha value is -3.21. The van der Waals surface area contributed by atoms with Crippen molar-refractivity contribution in [1.29, 1.82) is 0 Å². The number of hydrogen-bond donors (Lipinski definition) is 3. The topological polar surface area (TPSA) is 63.0 Å². The van der Waals surface area contributed by atoms with Crippen molar-refractivity contribution in [2.24, 2.45) is 5.73 Å². The lowest BCUT2D eigenvalue weighted by atomic mass is 9.75. The standard InChI is InChI=1S/C29H32N4/c1-21-18-28(25-11-5-6-12-27(25)32-21)33-24-14-13-23-10-7-15-29(30,26(23)19-24)16-17-31-20-22-8-3-2-4-9-22/h2-6,8-9,11-14,18-19,31H,7,10,15-17,20,30H2,1H3,(H,32,33). The summed E-state index contributed by atoms with van der Waals surface area (Å²) in [7, 11) is 0. The van der Waals surface area contributed by atoms with Crippen LogP contribution in [0.25, 0.3) is 10.9 Å². The second-order valence-electron chi connectivity index (χ2n) is 9.25. The molecule has 1 aliphatic carbocycles. The number of aryl methyl sites for hydroxylation is 2. The Morgan fingerprint density at radius 1 is 0.970 bits per heavy atom. The number of nitrogens with two attached hydrogens (primary N) is 1. The number of rotatable bonds is 7. The van der Waals surface area contributed by atoms with Crippen LogP contribution in [-0.2, 0) is 18.5 Å². The second-order valence-corrected chi connectivity index (χ2v) is 9.25. The van der Waals surface area contributed by atoms with Gasteiger partial charge < -0.3 is 16.4 Å². The monoisotopic (exact) mass is 436 g/mol. The first-order valence-corrected chi connectivity index (χ1v) is 11.9. The molecule has 1 heterocycles. The molecule has 4 aromatic rings. The van der Waals surface area contributed by atoms with Crippen LogP contribution in [0.5, 0.6) is 0 Å². The lowest BCUT2D eigenvalue weighted by Crippen LogP contribution is -2.42. The van der Waals surface area contributed by atoms with E-state index >= 15 is 0 Å². The molecule has 0 aliphatic heterocycles. The maximum absolute atomic E-state index is 7.05. The SMILES string of the molecule is Cc1cc(Nc2ccc3c(c2)C(N)(CCNCc2ccccc2)CCC3)c2ccccc2n1. The number of fused-ring (bicyclic) bond motifs is 2. The molecular formula is C29H32N4. The Morgan fingerprint density at radius 3 is 2.67 bits per heavy atom.